The van der Waals surface area contributed by atoms with E-state index >= 15 is 0 Å². The molecule has 3 aliphatic heterocycles. The van der Waals surface area contributed by atoms with Gasteiger partial charge in [-0.15, -0.1) is 0 Å². The van der Waals surface area contributed by atoms with Crippen LogP contribution in [0.15, 0.2) is 48.5 Å². The molecule has 2 unspecified atom stereocenters. The fourth-order valence-electron chi connectivity index (χ4n) is 6.63. The van der Waals surface area contributed by atoms with E-state index in [0.717, 1.165) is 0 Å². The fraction of sp³-hybridized carbons (Fsp3) is 0.500. The quantitative estimate of drug-likeness (QED) is 0.397. The lowest BCUT2D eigenvalue weighted by atomic mass is 9.70. The van der Waals surface area contributed by atoms with Crippen LogP contribution in [0.3, 0.4) is 0 Å². The van der Waals surface area contributed by atoms with Crippen LogP contribution < -0.4 is 15.4 Å². The van der Waals surface area contributed by atoms with Gasteiger partial charge in [-0.25, -0.2) is 0 Å². The van der Waals surface area contributed by atoms with Gasteiger partial charge in [0, 0.05) is 16.4 Å². The van der Waals surface area contributed by atoms with Crippen molar-refractivity contribution in [3.63, 3.8) is 0 Å². The third-order valence-electron chi connectivity index (χ3n) is 8.68. The number of ether oxygens (including phenoxy) is 2. The lowest BCUT2D eigenvalue weighted by Gasteiger charge is -2.38. The van der Waals surface area contributed by atoms with Crippen molar-refractivity contribution < 1.29 is 29.0 Å². The van der Waals surface area contributed by atoms with Crippen LogP contribution >= 0.6 is 11.6 Å². The number of rotatable bonds is 10. The lowest BCUT2D eigenvalue weighted by Crippen LogP contribution is -2.57. The SMILES string of the molecule is CCOc1ccc(NC(=O)[C@@H]2[C@H]3C(=O)N([C@@H](CO)[C@@H](C)CC)C(C(=O)Nc4ccc(Cl)cc4)C34CC[C@H]2O4)cc1. The van der Waals surface area contributed by atoms with E-state index in [-0.39, 0.29) is 24.3 Å². The molecule has 0 aromatic heterocycles. The van der Waals surface area contributed by atoms with E-state index in [9.17, 15) is 19.5 Å². The maximum atomic E-state index is 14.2. The Hall–Kier alpha value is -3.14. The van der Waals surface area contributed by atoms with Gasteiger partial charge >= 0.3 is 0 Å². The number of aliphatic hydroxyl groups is 1. The molecule has 0 saturated carbocycles. The van der Waals surface area contributed by atoms with Gasteiger partial charge in [-0.2, -0.15) is 0 Å². The van der Waals surface area contributed by atoms with Gasteiger partial charge in [0.15, 0.2) is 0 Å². The van der Waals surface area contributed by atoms with E-state index in [2.05, 4.69) is 10.6 Å². The van der Waals surface area contributed by atoms with Crippen molar-refractivity contribution in [2.24, 2.45) is 17.8 Å². The van der Waals surface area contributed by atoms with Gasteiger partial charge in [-0.1, -0.05) is 31.9 Å². The van der Waals surface area contributed by atoms with Crippen molar-refractivity contribution >= 4 is 40.7 Å². The van der Waals surface area contributed by atoms with Crippen molar-refractivity contribution in [3.05, 3.63) is 53.6 Å². The molecule has 2 bridgehead atoms. The van der Waals surface area contributed by atoms with Crippen LogP contribution in [-0.4, -0.2) is 64.7 Å². The second kappa shape index (κ2) is 11.4. The van der Waals surface area contributed by atoms with Gasteiger partial charge in [-0.05, 0) is 74.2 Å². The second-order valence-electron chi connectivity index (χ2n) is 10.9. The average Bonchev–Trinajstić information content (AvgIpc) is 3.59. The molecule has 214 valence electrons. The number of hydrogen-bond donors (Lipinski definition) is 3. The Balaban J connectivity index is 1.47. The first-order valence-corrected chi connectivity index (χ1v) is 14.3. The summed E-state index contributed by atoms with van der Waals surface area (Å²) < 4.78 is 12.0. The Morgan fingerprint density at radius 3 is 2.33 bits per heavy atom. The Labute approximate surface area is 239 Å². The third kappa shape index (κ3) is 4.84. The molecule has 0 radical (unpaired) electrons. The summed E-state index contributed by atoms with van der Waals surface area (Å²) in [6.45, 7) is 6.05. The highest BCUT2D eigenvalue weighted by Crippen LogP contribution is 2.59. The summed E-state index contributed by atoms with van der Waals surface area (Å²) >= 11 is 6.02. The molecule has 10 heteroatoms. The summed E-state index contributed by atoms with van der Waals surface area (Å²) in [5.74, 6) is -2.05. The molecule has 3 heterocycles. The molecule has 2 aromatic carbocycles. The normalized spacial score (nSPS) is 28.2. The van der Waals surface area contributed by atoms with E-state index in [1.165, 1.54) is 4.90 Å². The van der Waals surface area contributed by atoms with E-state index in [1.807, 2.05) is 20.8 Å². The number of halogens is 1. The monoisotopic (exact) mass is 569 g/mol. The van der Waals surface area contributed by atoms with E-state index < -0.39 is 41.5 Å². The van der Waals surface area contributed by atoms with E-state index in [1.54, 1.807) is 48.5 Å². The molecular weight excluding hydrogens is 534 g/mol. The molecule has 3 saturated heterocycles. The molecule has 3 N–H and O–H groups in total. The number of benzene rings is 2. The predicted octanol–water partition coefficient (Wildman–Crippen LogP) is 4.10. The number of nitrogens with zero attached hydrogens (tertiary/aromatic N) is 1. The van der Waals surface area contributed by atoms with Crippen LogP contribution in [0.4, 0.5) is 11.4 Å². The number of hydrogen-bond acceptors (Lipinski definition) is 6. The van der Waals surface area contributed by atoms with E-state index in [0.29, 0.717) is 48.0 Å². The van der Waals surface area contributed by atoms with Gasteiger partial charge in [0.25, 0.3) is 0 Å². The van der Waals surface area contributed by atoms with Gasteiger partial charge < -0.3 is 30.1 Å². The number of likely N-dealkylation sites (tertiary alicyclic amines) is 1. The van der Waals surface area contributed by atoms with Crippen molar-refractivity contribution in [1.29, 1.82) is 0 Å². The van der Waals surface area contributed by atoms with Crippen molar-refractivity contribution in [3.8, 4) is 5.75 Å². The maximum Gasteiger partial charge on any atom is 0.250 e. The van der Waals surface area contributed by atoms with Gasteiger partial charge in [0.05, 0.1) is 37.2 Å². The third-order valence-corrected chi connectivity index (χ3v) is 8.93. The summed E-state index contributed by atoms with van der Waals surface area (Å²) in [4.78, 5) is 43.4. The largest absolute Gasteiger partial charge is 0.494 e. The molecule has 2 aromatic rings. The zero-order valence-corrected chi connectivity index (χ0v) is 23.7. The molecule has 40 heavy (non-hydrogen) atoms. The lowest BCUT2D eigenvalue weighted by molar-refractivity contribution is -0.144. The number of fused-ring (bicyclic) bond motifs is 1. The highest BCUT2D eigenvalue weighted by Gasteiger charge is 2.75. The number of amides is 3. The summed E-state index contributed by atoms with van der Waals surface area (Å²) in [5.41, 5.74) is -0.0551. The van der Waals surface area contributed by atoms with Crippen LogP contribution in [0.25, 0.3) is 0 Å². The summed E-state index contributed by atoms with van der Waals surface area (Å²) in [7, 11) is 0. The van der Waals surface area contributed by atoms with Crippen LogP contribution in [0.5, 0.6) is 5.75 Å². The van der Waals surface area contributed by atoms with Crippen molar-refractivity contribution in [2.45, 2.75) is 63.8 Å². The Morgan fingerprint density at radius 1 is 1.10 bits per heavy atom. The molecule has 3 aliphatic rings. The maximum absolute atomic E-state index is 14.2. The number of nitrogens with one attached hydrogen (secondary N) is 2. The minimum Gasteiger partial charge on any atom is -0.494 e. The highest BCUT2D eigenvalue weighted by molar-refractivity contribution is 6.30. The van der Waals surface area contributed by atoms with Crippen LogP contribution in [0.1, 0.15) is 40.0 Å². The van der Waals surface area contributed by atoms with Gasteiger partial charge in [-0.3, -0.25) is 14.4 Å². The molecule has 1 spiro atoms. The second-order valence-corrected chi connectivity index (χ2v) is 11.3. The molecule has 3 fully saturated rings. The first-order chi connectivity index (χ1) is 19.2. The van der Waals surface area contributed by atoms with E-state index in [4.69, 9.17) is 21.1 Å². The first kappa shape index (κ1) is 28.4. The van der Waals surface area contributed by atoms with Gasteiger partial charge in [0.2, 0.25) is 17.7 Å². The number of carbonyl (C=O) groups is 3. The zero-order valence-electron chi connectivity index (χ0n) is 22.9. The summed E-state index contributed by atoms with van der Waals surface area (Å²) in [6.07, 6.45) is 1.23. The van der Waals surface area contributed by atoms with Crippen molar-refractivity contribution in [1.82, 2.24) is 4.90 Å². The molecular formula is C30H36ClN3O6. The van der Waals surface area contributed by atoms with Crippen LogP contribution in [0.2, 0.25) is 5.02 Å². The fourth-order valence-corrected chi connectivity index (χ4v) is 6.76. The average molecular weight is 570 g/mol. The Morgan fingerprint density at radius 2 is 1.73 bits per heavy atom. The highest BCUT2D eigenvalue weighted by atomic mass is 35.5. The number of anilines is 2. The molecule has 3 amide bonds. The number of aliphatic hydroxyl groups excluding tert-OH is 1. The zero-order chi connectivity index (χ0) is 28.6. The minimum atomic E-state index is -1.17. The molecule has 0 aliphatic carbocycles. The molecule has 7 atom stereocenters. The minimum absolute atomic E-state index is 0.0802. The Kier molecular flexibility index (Phi) is 8.08. The topological polar surface area (TPSA) is 117 Å². The van der Waals surface area contributed by atoms with Crippen LogP contribution in [0, 0.1) is 17.8 Å². The predicted molar refractivity (Wildman–Crippen MR) is 151 cm³/mol. The summed E-state index contributed by atoms with van der Waals surface area (Å²) in [5, 5.41) is 16.8. The molecule has 9 nitrogen and oxygen atoms in total. The summed E-state index contributed by atoms with van der Waals surface area (Å²) in [6, 6.07) is 12.2. The Bertz CT molecular complexity index is 1260. The smallest absolute Gasteiger partial charge is 0.250 e. The van der Waals surface area contributed by atoms with Gasteiger partial charge in [0.1, 0.15) is 17.4 Å². The van der Waals surface area contributed by atoms with Crippen molar-refractivity contribution in [2.75, 3.05) is 23.8 Å². The van der Waals surface area contributed by atoms with Crippen LogP contribution in [-0.2, 0) is 19.1 Å². The molecule has 5 rings (SSSR count). The first-order valence-electron chi connectivity index (χ1n) is 13.9. The number of carbonyl (C=O) groups excluding carboxylic acids is 3. The standard InChI is InChI=1S/C30H36ClN3O6/c1-4-17(3)22(16-35)34-26(28(37)33-19-8-6-18(31)7-9-19)30-15-14-23(40-30)24(25(30)29(34)38)27(36)32-20-10-12-21(13-11-20)39-5-2/h6-13,17,22-26,35H,4-5,14-16H2,1-3H3,(H,32,36)(H,33,37)/t17-,22-,23+,24-,25-,26?,30?/m0/s1.